The van der Waals surface area contributed by atoms with E-state index in [1.807, 2.05) is 0 Å². The molecular weight excluding hydrogens is 100 g/mol. The lowest BCUT2D eigenvalue weighted by atomic mass is 9.98. The van der Waals surface area contributed by atoms with E-state index in [-0.39, 0.29) is 6.10 Å². The van der Waals surface area contributed by atoms with Crippen molar-refractivity contribution >= 4 is 0 Å². The van der Waals surface area contributed by atoms with E-state index in [9.17, 15) is 5.11 Å². The van der Waals surface area contributed by atoms with Crippen molar-refractivity contribution in [1.82, 2.24) is 0 Å². The second-order valence-corrected chi connectivity index (χ2v) is 3.24. The summed E-state index contributed by atoms with van der Waals surface area (Å²) in [6.45, 7) is 0. The van der Waals surface area contributed by atoms with Crippen molar-refractivity contribution in [2.45, 2.75) is 31.8 Å². The highest BCUT2D eigenvalue weighted by atomic mass is 16.3. The molecule has 2 saturated carbocycles. The maximum absolute atomic E-state index is 9.22. The Bertz CT molecular complexity index is 98.6. The molecule has 0 radical (unpaired) electrons. The quantitative estimate of drug-likeness (QED) is 0.498. The first kappa shape index (κ1) is 4.80. The van der Waals surface area contributed by atoms with E-state index in [2.05, 4.69) is 0 Å². The van der Waals surface area contributed by atoms with Crippen LogP contribution in [0.5, 0.6) is 0 Å². The molecule has 0 aromatic carbocycles. The molecule has 1 nitrogen and oxygen atoms in total. The normalized spacial score (nSPS) is 52.9. The minimum absolute atomic E-state index is 0.0775. The predicted molar refractivity (Wildman–Crippen MR) is 31.5 cm³/mol. The van der Waals surface area contributed by atoms with Crippen LogP contribution in [0, 0.1) is 11.8 Å². The fraction of sp³-hybridized carbons (Fsp3) is 1.00. The Kier molecular flexibility index (Phi) is 0.884. The van der Waals surface area contributed by atoms with Crippen LogP contribution >= 0.6 is 0 Å². The molecule has 0 heterocycles. The highest BCUT2D eigenvalue weighted by Gasteiger charge is 2.38. The molecule has 2 aliphatic carbocycles. The molecule has 0 aromatic heterocycles. The zero-order valence-corrected chi connectivity index (χ0v) is 5.01. The van der Waals surface area contributed by atoms with Crippen LogP contribution in [0.15, 0.2) is 0 Å². The predicted octanol–water partition coefficient (Wildman–Crippen LogP) is 1.17. The Morgan fingerprint density at radius 3 is 2.25 bits per heavy atom. The topological polar surface area (TPSA) is 20.2 Å². The number of aliphatic hydroxyl groups is 1. The van der Waals surface area contributed by atoms with Crippen LogP contribution in [0.1, 0.15) is 25.7 Å². The van der Waals surface area contributed by atoms with E-state index in [1.54, 1.807) is 0 Å². The lowest BCUT2D eigenvalue weighted by Crippen LogP contribution is -2.14. The van der Waals surface area contributed by atoms with Crippen molar-refractivity contribution in [2.24, 2.45) is 11.8 Å². The third-order valence-corrected chi connectivity index (χ3v) is 2.70. The summed E-state index contributed by atoms with van der Waals surface area (Å²) in [5, 5.41) is 9.22. The van der Waals surface area contributed by atoms with Crippen molar-refractivity contribution in [3.05, 3.63) is 0 Å². The Morgan fingerprint density at radius 2 is 2.00 bits per heavy atom. The van der Waals surface area contributed by atoms with Gasteiger partial charge in [-0.05, 0) is 37.5 Å². The van der Waals surface area contributed by atoms with Crippen molar-refractivity contribution < 1.29 is 5.11 Å². The van der Waals surface area contributed by atoms with Gasteiger partial charge in [0.2, 0.25) is 0 Å². The van der Waals surface area contributed by atoms with Crippen LogP contribution in [0.25, 0.3) is 0 Å². The van der Waals surface area contributed by atoms with E-state index < -0.39 is 0 Å². The van der Waals surface area contributed by atoms with Crippen molar-refractivity contribution in [3.8, 4) is 0 Å². The van der Waals surface area contributed by atoms with Crippen LogP contribution in [0.4, 0.5) is 0 Å². The van der Waals surface area contributed by atoms with Gasteiger partial charge in [-0.25, -0.2) is 0 Å². The molecular formula is C7H12O. The second kappa shape index (κ2) is 1.47. The van der Waals surface area contributed by atoms with Gasteiger partial charge < -0.3 is 5.11 Å². The average molecular weight is 112 g/mol. The third kappa shape index (κ3) is 0.510. The summed E-state index contributed by atoms with van der Waals surface area (Å²) in [5.41, 5.74) is 0. The molecule has 0 amide bonds. The third-order valence-electron chi connectivity index (χ3n) is 2.70. The molecule has 2 unspecified atom stereocenters. The maximum Gasteiger partial charge on any atom is 0.0571 e. The van der Waals surface area contributed by atoms with E-state index in [0.29, 0.717) is 5.92 Å². The summed E-state index contributed by atoms with van der Waals surface area (Å²) < 4.78 is 0. The maximum atomic E-state index is 9.22. The van der Waals surface area contributed by atoms with E-state index in [1.165, 1.54) is 19.3 Å². The summed E-state index contributed by atoms with van der Waals surface area (Å²) in [4.78, 5) is 0. The molecule has 0 saturated heterocycles. The molecule has 2 fully saturated rings. The minimum Gasteiger partial charge on any atom is -0.393 e. The summed E-state index contributed by atoms with van der Waals surface area (Å²) in [6.07, 6.45) is 5.19. The summed E-state index contributed by atoms with van der Waals surface area (Å²) in [6, 6.07) is 0. The highest BCUT2D eigenvalue weighted by molar-refractivity contribution is 4.89. The summed E-state index contributed by atoms with van der Waals surface area (Å²) in [5.74, 6) is 1.59. The Labute approximate surface area is 49.7 Å². The van der Waals surface area contributed by atoms with Gasteiger partial charge >= 0.3 is 0 Å². The first-order valence-corrected chi connectivity index (χ1v) is 3.54. The van der Waals surface area contributed by atoms with Gasteiger partial charge in [0.1, 0.15) is 0 Å². The van der Waals surface area contributed by atoms with Crippen molar-refractivity contribution in [2.75, 3.05) is 0 Å². The van der Waals surface area contributed by atoms with Gasteiger partial charge in [0, 0.05) is 0 Å². The molecule has 0 spiro atoms. The van der Waals surface area contributed by atoms with Gasteiger partial charge in [-0.2, -0.15) is 0 Å². The van der Waals surface area contributed by atoms with E-state index in [4.69, 9.17) is 0 Å². The van der Waals surface area contributed by atoms with Crippen LogP contribution < -0.4 is 0 Å². The molecule has 1 N–H and O–H groups in total. The minimum atomic E-state index is 0.0775. The van der Waals surface area contributed by atoms with Gasteiger partial charge in [-0.3, -0.25) is 0 Å². The molecule has 2 aliphatic rings. The first-order chi connectivity index (χ1) is 3.86. The van der Waals surface area contributed by atoms with Gasteiger partial charge in [0.15, 0.2) is 0 Å². The van der Waals surface area contributed by atoms with Crippen LogP contribution in [-0.4, -0.2) is 11.2 Å². The van der Waals surface area contributed by atoms with Gasteiger partial charge in [0.05, 0.1) is 6.10 Å². The molecule has 1 heteroatoms. The summed E-state index contributed by atoms with van der Waals surface area (Å²) in [7, 11) is 0. The molecule has 3 atom stereocenters. The lowest BCUT2D eigenvalue weighted by Gasteiger charge is -2.14. The van der Waals surface area contributed by atoms with Gasteiger partial charge in [-0.1, -0.05) is 0 Å². The van der Waals surface area contributed by atoms with Gasteiger partial charge in [0.25, 0.3) is 0 Å². The van der Waals surface area contributed by atoms with Crippen LogP contribution in [-0.2, 0) is 0 Å². The van der Waals surface area contributed by atoms with Gasteiger partial charge in [-0.15, -0.1) is 0 Å². The highest BCUT2D eigenvalue weighted by Crippen LogP contribution is 2.44. The molecule has 2 rings (SSSR count). The largest absolute Gasteiger partial charge is 0.393 e. The fourth-order valence-corrected chi connectivity index (χ4v) is 2.21. The number of hydrogen-bond acceptors (Lipinski definition) is 1. The number of aliphatic hydroxyl groups excluding tert-OH is 1. The number of fused-ring (bicyclic) bond motifs is 2. The Hall–Kier alpha value is -0.0400. The SMILES string of the molecule is OC1C[C@H]2CCC1C2. The number of rotatable bonds is 0. The standard InChI is InChI=1S/C7H12O/c8-7-4-5-1-2-6(7)3-5/h5-8H,1-4H2/t5-,6?,7?/m0/s1. The second-order valence-electron chi connectivity index (χ2n) is 3.24. The van der Waals surface area contributed by atoms with Crippen molar-refractivity contribution in [3.63, 3.8) is 0 Å². The van der Waals surface area contributed by atoms with E-state index in [0.717, 1.165) is 12.3 Å². The smallest absolute Gasteiger partial charge is 0.0571 e. The summed E-state index contributed by atoms with van der Waals surface area (Å²) >= 11 is 0. The first-order valence-electron chi connectivity index (χ1n) is 3.54. The monoisotopic (exact) mass is 112 g/mol. The molecule has 0 aliphatic heterocycles. The number of hydrogen-bond donors (Lipinski definition) is 1. The zero-order chi connectivity index (χ0) is 5.56. The zero-order valence-electron chi connectivity index (χ0n) is 5.01. The van der Waals surface area contributed by atoms with Crippen LogP contribution in [0.2, 0.25) is 0 Å². The average Bonchev–Trinajstić information content (AvgIpc) is 2.23. The fourth-order valence-electron chi connectivity index (χ4n) is 2.21. The van der Waals surface area contributed by atoms with E-state index >= 15 is 0 Å². The Morgan fingerprint density at radius 1 is 1.12 bits per heavy atom. The molecule has 0 aromatic rings. The van der Waals surface area contributed by atoms with Crippen molar-refractivity contribution in [1.29, 1.82) is 0 Å². The lowest BCUT2D eigenvalue weighted by molar-refractivity contribution is 0.113. The molecule has 46 valence electrons. The van der Waals surface area contributed by atoms with Crippen LogP contribution in [0.3, 0.4) is 0 Å². The molecule has 2 bridgehead atoms. The Balaban J connectivity index is 2.11. The molecule has 8 heavy (non-hydrogen) atoms.